The summed E-state index contributed by atoms with van der Waals surface area (Å²) < 4.78 is 0. The van der Waals surface area contributed by atoms with Crippen LogP contribution < -0.4 is 5.32 Å². The number of fused-ring (bicyclic) bond motifs is 1. The van der Waals surface area contributed by atoms with Crippen molar-refractivity contribution in [3.05, 3.63) is 30.0 Å². The van der Waals surface area contributed by atoms with Gasteiger partial charge in [0.15, 0.2) is 0 Å². The fourth-order valence-corrected chi connectivity index (χ4v) is 4.48. The van der Waals surface area contributed by atoms with Crippen molar-refractivity contribution >= 4 is 28.9 Å². The first-order chi connectivity index (χ1) is 12.3. The Kier molecular flexibility index (Phi) is 4.47. The SMILES string of the molecule is O=CNc1ccc2[nH]cc(C3CCN(C(=O)C4CCCC4)CC3)c2c1. The van der Waals surface area contributed by atoms with Gasteiger partial charge in [0.1, 0.15) is 0 Å². The molecule has 5 nitrogen and oxygen atoms in total. The topological polar surface area (TPSA) is 65.2 Å². The van der Waals surface area contributed by atoms with Gasteiger partial charge < -0.3 is 15.2 Å². The summed E-state index contributed by atoms with van der Waals surface area (Å²) in [7, 11) is 0. The first-order valence-corrected chi connectivity index (χ1v) is 9.36. The Morgan fingerprint density at radius 1 is 1.16 bits per heavy atom. The number of hydrogen-bond acceptors (Lipinski definition) is 2. The molecule has 0 radical (unpaired) electrons. The van der Waals surface area contributed by atoms with Crippen LogP contribution in [-0.2, 0) is 9.59 Å². The van der Waals surface area contributed by atoms with Crippen LogP contribution in [0.4, 0.5) is 5.69 Å². The summed E-state index contributed by atoms with van der Waals surface area (Å²) in [5.74, 6) is 1.13. The second-order valence-electron chi connectivity index (χ2n) is 7.35. The number of rotatable bonds is 4. The first-order valence-electron chi connectivity index (χ1n) is 9.36. The van der Waals surface area contributed by atoms with Gasteiger partial charge in [-0.05, 0) is 55.4 Å². The van der Waals surface area contributed by atoms with E-state index in [1.807, 2.05) is 18.2 Å². The minimum Gasteiger partial charge on any atom is -0.361 e. The monoisotopic (exact) mass is 339 g/mol. The molecule has 25 heavy (non-hydrogen) atoms. The van der Waals surface area contributed by atoms with Crippen molar-refractivity contribution in [2.24, 2.45) is 5.92 Å². The molecule has 0 atom stereocenters. The third-order valence-corrected chi connectivity index (χ3v) is 5.89. The Hall–Kier alpha value is -2.30. The van der Waals surface area contributed by atoms with Gasteiger partial charge in [-0.25, -0.2) is 0 Å². The van der Waals surface area contributed by atoms with Crippen molar-refractivity contribution in [3.8, 4) is 0 Å². The highest BCUT2D eigenvalue weighted by molar-refractivity contribution is 5.89. The molecule has 1 aromatic heterocycles. The van der Waals surface area contributed by atoms with Crippen LogP contribution in [0.2, 0.25) is 0 Å². The van der Waals surface area contributed by atoms with E-state index in [-0.39, 0.29) is 5.92 Å². The molecule has 2 N–H and O–H groups in total. The molecule has 0 bridgehead atoms. The molecule has 1 aromatic carbocycles. The van der Waals surface area contributed by atoms with Crippen molar-refractivity contribution in [3.63, 3.8) is 0 Å². The number of piperidine rings is 1. The quantitative estimate of drug-likeness (QED) is 0.835. The Balaban J connectivity index is 1.47. The molecule has 1 aliphatic heterocycles. The third-order valence-electron chi connectivity index (χ3n) is 5.89. The van der Waals surface area contributed by atoms with E-state index in [2.05, 4.69) is 21.4 Å². The second kappa shape index (κ2) is 6.90. The van der Waals surface area contributed by atoms with Gasteiger partial charge in [0.2, 0.25) is 12.3 Å². The van der Waals surface area contributed by atoms with Crippen LogP contribution in [-0.4, -0.2) is 35.3 Å². The summed E-state index contributed by atoms with van der Waals surface area (Å²) in [5, 5.41) is 3.90. The Morgan fingerprint density at radius 2 is 1.92 bits per heavy atom. The van der Waals surface area contributed by atoms with E-state index < -0.39 is 0 Å². The van der Waals surface area contributed by atoms with Gasteiger partial charge in [0.05, 0.1) is 0 Å². The molecule has 2 amide bonds. The molecule has 1 aliphatic carbocycles. The number of aromatic nitrogens is 1. The fraction of sp³-hybridized carbons (Fsp3) is 0.500. The average Bonchev–Trinajstić information content (AvgIpc) is 3.31. The van der Waals surface area contributed by atoms with Gasteiger partial charge in [0.25, 0.3) is 0 Å². The molecule has 4 rings (SSSR count). The zero-order valence-electron chi connectivity index (χ0n) is 14.5. The molecule has 2 aliphatic rings. The lowest BCUT2D eigenvalue weighted by molar-refractivity contribution is -0.136. The summed E-state index contributed by atoms with van der Waals surface area (Å²) in [6, 6.07) is 5.94. The van der Waals surface area contributed by atoms with Crippen LogP contribution in [0.15, 0.2) is 24.4 Å². The standard InChI is InChI=1S/C20H25N3O2/c24-13-22-16-5-6-19-17(11-16)18(12-21-19)14-7-9-23(10-8-14)20(25)15-3-1-2-4-15/h5-6,11-15,21H,1-4,7-10H2,(H,22,24). The summed E-state index contributed by atoms with van der Waals surface area (Å²) >= 11 is 0. The summed E-state index contributed by atoms with van der Waals surface area (Å²) in [4.78, 5) is 28.7. The van der Waals surface area contributed by atoms with Crippen molar-refractivity contribution in [2.45, 2.75) is 44.4 Å². The fourth-order valence-electron chi connectivity index (χ4n) is 4.48. The average molecular weight is 339 g/mol. The maximum Gasteiger partial charge on any atom is 0.225 e. The minimum absolute atomic E-state index is 0.279. The van der Waals surface area contributed by atoms with Crippen LogP contribution in [0.5, 0.6) is 0 Å². The van der Waals surface area contributed by atoms with Gasteiger partial charge >= 0.3 is 0 Å². The van der Waals surface area contributed by atoms with E-state index in [0.29, 0.717) is 18.2 Å². The highest BCUT2D eigenvalue weighted by Crippen LogP contribution is 2.35. The normalized spacial score (nSPS) is 19.4. The van der Waals surface area contributed by atoms with E-state index in [0.717, 1.165) is 50.0 Å². The van der Waals surface area contributed by atoms with Crippen molar-refractivity contribution in [1.82, 2.24) is 9.88 Å². The maximum absolute atomic E-state index is 12.6. The van der Waals surface area contributed by atoms with E-state index in [4.69, 9.17) is 0 Å². The van der Waals surface area contributed by atoms with Crippen molar-refractivity contribution in [2.75, 3.05) is 18.4 Å². The van der Waals surface area contributed by atoms with E-state index in [1.54, 1.807) is 0 Å². The number of likely N-dealkylation sites (tertiary alicyclic amines) is 1. The number of nitrogens with one attached hydrogen (secondary N) is 2. The largest absolute Gasteiger partial charge is 0.361 e. The van der Waals surface area contributed by atoms with Gasteiger partial charge in [0, 0.05) is 41.8 Å². The molecule has 132 valence electrons. The lowest BCUT2D eigenvalue weighted by Gasteiger charge is -2.33. The van der Waals surface area contributed by atoms with Gasteiger partial charge in [-0.2, -0.15) is 0 Å². The number of carbonyl (C=O) groups excluding carboxylic acids is 2. The van der Waals surface area contributed by atoms with Gasteiger partial charge in [-0.15, -0.1) is 0 Å². The molecule has 2 aromatic rings. The van der Waals surface area contributed by atoms with Crippen molar-refractivity contribution in [1.29, 1.82) is 0 Å². The molecular formula is C20H25N3O2. The van der Waals surface area contributed by atoms with E-state index in [1.165, 1.54) is 23.8 Å². The highest BCUT2D eigenvalue weighted by atomic mass is 16.2. The third kappa shape index (κ3) is 3.15. The predicted molar refractivity (Wildman–Crippen MR) is 98.5 cm³/mol. The van der Waals surface area contributed by atoms with E-state index >= 15 is 0 Å². The molecule has 0 unspecified atom stereocenters. The molecule has 1 saturated heterocycles. The Bertz CT molecular complexity index is 768. The van der Waals surface area contributed by atoms with Crippen LogP contribution in [0, 0.1) is 5.92 Å². The zero-order valence-corrected chi connectivity index (χ0v) is 14.5. The Labute approximate surface area is 147 Å². The number of carbonyl (C=O) groups is 2. The summed E-state index contributed by atoms with van der Waals surface area (Å²) in [6.45, 7) is 1.72. The number of benzene rings is 1. The molecule has 5 heteroatoms. The molecule has 2 heterocycles. The van der Waals surface area contributed by atoms with Crippen LogP contribution in [0.25, 0.3) is 10.9 Å². The van der Waals surface area contributed by atoms with E-state index in [9.17, 15) is 9.59 Å². The first kappa shape index (κ1) is 16.2. The highest BCUT2D eigenvalue weighted by Gasteiger charge is 2.30. The number of H-pyrrole nitrogens is 1. The number of nitrogens with zero attached hydrogens (tertiary/aromatic N) is 1. The number of aromatic amines is 1. The minimum atomic E-state index is 0.279. The molecule has 0 spiro atoms. The second-order valence-corrected chi connectivity index (χ2v) is 7.35. The van der Waals surface area contributed by atoms with Gasteiger partial charge in [-0.1, -0.05) is 12.8 Å². The smallest absolute Gasteiger partial charge is 0.225 e. The number of anilines is 1. The predicted octanol–water partition coefficient (Wildman–Crippen LogP) is 3.63. The maximum atomic E-state index is 12.6. The van der Waals surface area contributed by atoms with Crippen LogP contribution in [0.3, 0.4) is 0 Å². The zero-order chi connectivity index (χ0) is 17.2. The lowest BCUT2D eigenvalue weighted by atomic mass is 9.88. The lowest BCUT2D eigenvalue weighted by Crippen LogP contribution is -2.40. The number of amides is 2. The number of hydrogen-bond donors (Lipinski definition) is 2. The summed E-state index contributed by atoms with van der Waals surface area (Å²) in [5.41, 5.74) is 3.21. The molecule has 2 fully saturated rings. The van der Waals surface area contributed by atoms with Crippen LogP contribution >= 0.6 is 0 Å². The van der Waals surface area contributed by atoms with Crippen molar-refractivity contribution < 1.29 is 9.59 Å². The molecular weight excluding hydrogens is 314 g/mol. The van der Waals surface area contributed by atoms with Gasteiger partial charge in [-0.3, -0.25) is 9.59 Å². The molecule has 1 saturated carbocycles. The summed E-state index contributed by atoms with van der Waals surface area (Å²) in [6.07, 6.45) is 9.39. The van der Waals surface area contributed by atoms with Crippen LogP contribution in [0.1, 0.15) is 50.0 Å². The Morgan fingerprint density at radius 3 is 2.64 bits per heavy atom.